The van der Waals surface area contributed by atoms with Crippen LogP contribution in [0.25, 0.3) is 0 Å². The van der Waals surface area contributed by atoms with Gasteiger partial charge in [-0.3, -0.25) is 0 Å². The van der Waals surface area contributed by atoms with Crippen molar-refractivity contribution in [1.82, 2.24) is 4.57 Å². The van der Waals surface area contributed by atoms with Crippen LogP contribution >= 0.6 is 0 Å². The molecular weight excluding hydrogens is 196 g/mol. The molecule has 0 bridgehead atoms. The van der Waals surface area contributed by atoms with E-state index in [4.69, 9.17) is 5.73 Å². The van der Waals surface area contributed by atoms with Gasteiger partial charge in [-0.15, -0.1) is 0 Å². The summed E-state index contributed by atoms with van der Waals surface area (Å²) >= 11 is 0. The van der Waals surface area contributed by atoms with E-state index >= 15 is 0 Å². The number of rotatable bonds is 3. The minimum atomic E-state index is 0.740. The van der Waals surface area contributed by atoms with Gasteiger partial charge in [0.15, 0.2) is 0 Å². The first-order chi connectivity index (χ1) is 7.72. The van der Waals surface area contributed by atoms with Crippen LogP contribution in [0.15, 0.2) is 12.1 Å². The van der Waals surface area contributed by atoms with E-state index in [2.05, 4.69) is 30.5 Å². The third kappa shape index (κ3) is 2.32. The van der Waals surface area contributed by atoms with Crippen molar-refractivity contribution in [3.8, 4) is 0 Å². The van der Waals surface area contributed by atoms with E-state index in [0.29, 0.717) is 0 Å². The maximum absolute atomic E-state index is 5.63. The summed E-state index contributed by atoms with van der Waals surface area (Å²) in [6.45, 7) is 5.30. The quantitative estimate of drug-likeness (QED) is 0.833. The molecule has 1 aromatic rings. The standard InChI is InChI=1S/C14H24N2/c1-11-3-4-12(2)16(11)14-7-5-13(6-8-14)9-10-15/h3-4,13-14H,5-10,15H2,1-2H3. The Kier molecular flexibility index (Phi) is 3.70. The lowest BCUT2D eigenvalue weighted by Crippen LogP contribution is -2.21. The average Bonchev–Trinajstić information content (AvgIpc) is 2.61. The fourth-order valence-corrected chi connectivity index (χ4v) is 3.18. The Hall–Kier alpha value is -0.760. The highest BCUT2D eigenvalue weighted by molar-refractivity contribution is 5.15. The van der Waals surface area contributed by atoms with Gasteiger partial charge in [0.25, 0.3) is 0 Å². The van der Waals surface area contributed by atoms with Crippen LogP contribution in [0.3, 0.4) is 0 Å². The van der Waals surface area contributed by atoms with E-state index in [0.717, 1.165) is 18.5 Å². The summed E-state index contributed by atoms with van der Waals surface area (Å²) in [7, 11) is 0. The Morgan fingerprint density at radius 2 is 1.69 bits per heavy atom. The third-order valence-electron chi connectivity index (χ3n) is 4.08. The number of aryl methyl sites for hydroxylation is 2. The Balaban J connectivity index is 1.99. The van der Waals surface area contributed by atoms with Gasteiger partial charge < -0.3 is 10.3 Å². The predicted octanol–water partition coefficient (Wildman–Crippen LogP) is 3.19. The summed E-state index contributed by atoms with van der Waals surface area (Å²) in [5, 5.41) is 0. The highest BCUT2D eigenvalue weighted by Crippen LogP contribution is 2.35. The normalized spacial score (nSPS) is 25.9. The summed E-state index contributed by atoms with van der Waals surface area (Å²) in [6.07, 6.45) is 6.61. The Morgan fingerprint density at radius 3 is 2.19 bits per heavy atom. The molecule has 0 unspecified atom stereocenters. The summed E-state index contributed by atoms with van der Waals surface area (Å²) < 4.78 is 2.53. The molecule has 2 heteroatoms. The van der Waals surface area contributed by atoms with E-state index in [1.807, 2.05) is 0 Å². The highest BCUT2D eigenvalue weighted by atomic mass is 15.0. The van der Waals surface area contributed by atoms with Gasteiger partial charge in [-0.2, -0.15) is 0 Å². The zero-order valence-electron chi connectivity index (χ0n) is 10.6. The number of nitrogens with two attached hydrogens (primary N) is 1. The summed E-state index contributed by atoms with van der Waals surface area (Å²) in [5.41, 5.74) is 8.46. The Labute approximate surface area is 98.8 Å². The van der Waals surface area contributed by atoms with Crippen molar-refractivity contribution < 1.29 is 0 Å². The Morgan fingerprint density at radius 1 is 1.12 bits per heavy atom. The van der Waals surface area contributed by atoms with Gasteiger partial charge in [0, 0.05) is 17.4 Å². The number of nitrogens with zero attached hydrogens (tertiary/aromatic N) is 1. The second-order valence-electron chi connectivity index (χ2n) is 5.24. The highest BCUT2D eigenvalue weighted by Gasteiger charge is 2.22. The summed E-state index contributed by atoms with van der Waals surface area (Å²) in [5.74, 6) is 0.887. The van der Waals surface area contributed by atoms with E-state index in [-0.39, 0.29) is 0 Å². The molecule has 1 fully saturated rings. The molecule has 0 saturated heterocycles. The van der Waals surface area contributed by atoms with Gasteiger partial charge in [0.2, 0.25) is 0 Å². The molecule has 16 heavy (non-hydrogen) atoms. The average molecular weight is 220 g/mol. The minimum absolute atomic E-state index is 0.740. The molecule has 1 aromatic heterocycles. The van der Waals surface area contributed by atoms with Crippen LogP contribution < -0.4 is 5.73 Å². The van der Waals surface area contributed by atoms with Crippen LogP contribution in [0, 0.1) is 19.8 Å². The van der Waals surface area contributed by atoms with Crippen molar-refractivity contribution in [2.24, 2.45) is 11.7 Å². The monoisotopic (exact) mass is 220 g/mol. The van der Waals surface area contributed by atoms with Gasteiger partial charge in [0.05, 0.1) is 0 Å². The Bertz CT molecular complexity index is 313. The lowest BCUT2D eigenvalue weighted by molar-refractivity contribution is 0.262. The van der Waals surface area contributed by atoms with Gasteiger partial charge >= 0.3 is 0 Å². The molecule has 0 amide bonds. The lowest BCUT2D eigenvalue weighted by Gasteiger charge is -2.31. The zero-order valence-corrected chi connectivity index (χ0v) is 10.6. The first-order valence-electron chi connectivity index (χ1n) is 6.57. The van der Waals surface area contributed by atoms with E-state index in [9.17, 15) is 0 Å². The van der Waals surface area contributed by atoms with Crippen LogP contribution in [0.4, 0.5) is 0 Å². The van der Waals surface area contributed by atoms with Crippen molar-refractivity contribution in [3.63, 3.8) is 0 Å². The van der Waals surface area contributed by atoms with Crippen molar-refractivity contribution in [2.75, 3.05) is 6.54 Å². The largest absolute Gasteiger partial charge is 0.346 e. The van der Waals surface area contributed by atoms with Crippen LogP contribution in [0.2, 0.25) is 0 Å². The van der Waals surface area contributed by atoms with Crippen molar-refractivity contribution in [3.05, 3.63) is 23.5 Å². The number of hydrogen-bond acceptors (Lipinski definition) is 1. The molecule has 2 rings (SSSR count). The lowest BCUT2D eigenvalue weighted by atomic mass is 9.84. The van der Waals surface area contributed by atoms with E-state index in [1.165, 1.54) is 43.5 Å². The number of aromatic nitrogens is 1. The van der Waals surface area contributed by atoms with Gasteiger partial charge in [-0.25, -0.2) is 0 Å². The molecule has 0 atom stereocenters. The van der Waals surface area contributed by atoms with Crippen molar-refractivity contribution in [1.29, 1.82) is 0 Å². The molecule has 0 radical (unpaired) electrons. The fraction of sp³-hybridized carbons (Fsp3) is 0.714. The molecule has 0 aromatic carbocycles. The molecule has 1 saturated carbocycles. The van der Waals surface area contributed by atoms with Crippen LogP contribution in [0.1, 0.15) is 49.5 Å². The molecule has 1 aliphatic carbocycles. The molecule has 0 spiro atoms. The zero-order chi connectivity index (χ0) is 11.5. The maximum Gasteiger partial charge on any atom is 0.0335 e. The molecular formula is C14H24N2. The second-order valence-corrected chi connectivity index (χ2v) is 5.24. The summed E-state index contributed by atoms with van der Waals surface area (Å²) in [6, 6.07) is 5.21. The van der Waals surface area contributed by atoms with Gasteiger partial charge in [-0.05, 0) is 70.5 Å². The van der Waals surface area contributed by atoms with Crippen LogP contribution in [0.5, 0.6) is 0 Å². The van der Waals surface area contributed by atoms with Crippen LogP contribution in [-0.4, -0.2) is 11.1 Å². The van der Waals surface area contributed by atoms with Crippen molar-refractivity contribution >= 4 is 0 Å². The number of hydrogen-bond donors (Lipinski definition) is 1. The first-order valence-corrected chi connectivity index (χ1v) is 6.57. The topological polar surface area (TPSA) is 30.9 Å². The van der Waals surface area contributed by atoms with Gasteiger partial charge in [0.1, 0.15) is 0 Å². The second kappa shape index (κ2) is 5.05. The molecule has 2 N–H and O–H groups in total. The first kappa shape index (κ1) is 11.7. The molecule has 2 nitrogen and oxygen atoms in total. The third-order valence-corrected chi connectivity index (χ3v) is 4.08. The fourth-order valence-electron chi connectivity index (χ4n) is 3.18. The maximum atomic E-state index is 5.63. The molecule has 90 valence electrons. The SMILES string of the molecule is Cc1ccc(C)n1C1CCC(CCN)CC1. The van der Waals surface area contributed by atoms with Gasteiger partial charge in [-0.1, -0.05) is 0 Å². The predicted molar refractivity (Wildman–Crippen MR) is 68.6 cm³/mol. The molecule has 0 aliphatic heterocycles. The molecule has 1 aliphatic rings. The smallest absolute Gasteiger partial charge is 0.0335 e. The van der Waals surface area contributed by atoms with E-state index < -0.39 is 0 Å². The summed E-state index contributed by atoms with van der Waals surface area (Å²) in [4.78, 5) is 0. The van der Waals surface area contributed by atoms with Crippen LogP contribution in [-0.2, 0) is 0 Å². The molecule has 1 heterocycles. The minimum Gasteiger partial charge on any atom is -0.346 e. The van der Waals surface area contributed by atoms with E-state index in [1.54, 1.807) is 0 Å². The van der Waals surface area contributed by atoms with Crippen molar-refractivity contribution in [2.45, 2.75) is 52.0 Å².